The Balaban J connectivity index is 1.90. The van der Waals surface area contributed by atoms with Gasteiger partial charge in [0.05, 0.1) is 6.61 Å². The van der Waals surface area contributed by atoms with Gasteiger partial charge in [0.1, 0.15) is 6.23 Å². The van der Waals surface area contributed by atoms with E-state index in [2.05, 4.69) is 24.0 Å². The van der Waals surface area contributed by atoms with Gasteiger partial charge in [-0.05, 0) is 24.2 Å². The number of urea groups is 1. The highest BCUT2D eigenvalue weighted by Crippen LogP contribution is 2.30. The molecule has 1 fully saturated rings. The van der Waals surface area contributed by atoms with Crippen LogP contribution in [-0.4, -0.2) is 52.2 Å². The van der Waals surface area contributed by atoms with Crippen LogP contribution in [-0.2, 0) is 0 Å². The molecule has 0 aromatic carbocycles. The molecule has 1 unspecified atom stereocenters. The van der Waals surface area contributed by atoms with Crippen LogP contribution in [0, 0.1) is 0 Å². The van der Waals surface area contributed by atoms with Crippen molar-refractivity contribution in [2.24, 2.45) is 0 Å². The summed E-state index contributed by atoms with van der Waals surface area (Å²) >= 11 is 1.22. The van der Waals surface area contributed by atoms with Crippen LogP contribution in [0.25, 0.3) is 0 Å². The molecule has 1 aliphatic rings. The molecule has 7 nitrogen and oxygen atoms in total. The van der Waals surface area contributed by atoms with Crippen molar-refractivity contribution >= 4 is 22.5 Å². The van der Waals surface area contributed by atoms with E-state index in [1.807, 2.05) is 0 Å². The quantitative estimate of drug-likeness (QED) is 0.602. The minimum atomic E-state index is -0.847. The van der Waals surface area contributed by atoms with E-state index in [0.717, 1.165) is 38.6 Å². The number of rotatable bonds is 11. The zero-order valence-corrected chi connectivity index (χ0v) is 16.1. The third-order valence-electron chi connectivity index (χ3n) is 4.29. The van der Waals surface area contributed by atoms with Crippen molar-refractivity contribution in [3.8, 4) is 5.19 Å². The first-order chi connectivity index (χ1) is 12.2. The monoisotopic (exact) mass is 370 g/mol. The number of unbranched alkanes of at least 4 members (excludes halogenated alkanes) is 5. The Morgan fingerprint density at radius 3 is 2.68 bits per heavy atom. The first kappa shape index (κ1) is 19.9. The zero-order chi connectivity index (χ0) is 18.1. The van der Waals surface area contributed by atoms with Crippen LogP contribution >= 0.6 is 11.3 Å². The van der Waals surface area contributed by atoms with E-state index in [9.17, 15) is 9.90 Å². The Hall–Kier alpha value is -1.41. The molecule has 1 aromatic heterocycles. The van der Waals surface area contributed by atoms with Crippen molar-refractivity contribution in [3.63, 3.8) is 0 Å². The standard InChI is InChI=1S/C17H30N4O3S/c1-3-5-7-9-13-24-16-19-18-15(25-16)21-14(22)10-12-20(17(21)23)11-8-6-4-2/h14,22H,3-13H2,1-2H3. The molecule has 0 spiro atoms. The summed E-state index contributed by atoms with van der Waals surface area (Å²) in [6.45, 7) is 6.22. The van der Waals surface area contributed by atoms with E-state index >= 15 is 0 Å². The van der Waals surface area contributed by atoms with E-state index in [1.54, 1.807) is 4.90 Å². The van der Waals surface area contributed by atoms with Gasteiger partial charge in [0.2, 0.25) is 5.13 Å². The molecular formula is C17H30N4O3S. The highest BCUT2D eigenvalue weighted by Gasteiger charge is 2.35. The Kier molecular flexibility index (Phi) is 8.40. The van der Waals surface area contributed by atoms with Crippen LogP contribution < -0.4 is 9.64 Å². The molecule has 1 aliphatic heterocycles. The second-order valence-corrected chi connectivity index (χ2v) is 7.29. The molecule has 1 N–H and O–H groups in total. The summed E-state index contributed by atoms with van der Waals surface area (Å²) in [5.41, 5.74) is 0. The summed E-state index contributed by atoms with van der Waals surface area (Å²) < 4.78 is 5.61. The van der Waals surface area contributed by atoms with E-state index in [1.165, 1.54) is 29.1 Å². The van der Waals surface area contributed by atoms with E-state index in [4.69, 9.17) is 4.74 Å². The lowest BCUT2D eigenvalue weighted by molar-refractivity contribution is 0.108. The highest BCUT2D eigenvalue weighted by atomic mass is 32.1. The number of amides is 2. The van der Waals surface area contributed by atoms with Gasteiger partial charge in [0.25, 0.3) is 5.19 Å². The molecule has 2 amide bonds. The minimum Gasteiger partial charge on any atom is -0.469 e. The largest absolute Gasteiger partial charge is 0.469 e. The lowest BCUT2D eigenvalue weighted by atomic mass is 10.2. The van der Waals surface area contributed by atoms with Gasteiger partial charge < -0.3 is 14.7 Å². The highest BCUT2D eigenvalue weighted by molar-refractivity contribution is 7.17. The SMILES string of the molecule is CCCCCCOc1nnc(N2C(=O)N(CCCCC)CCC2O)s1. The van der Waals surface area contributed by atoms with Gasteiger partial charge in [-0.25, -0.2) is 9.69 Å². The normalized spacial score (nSPS) is 18.0. The van der Waals surface area contributed by atoms with Crippen molar-refractivity contribution in [3.05, 3.63) is 0 Å². The molecule has 2 heterocycles. The lowest BCUT2D eigenvalue weighted by Gasteiger charge is -2.37. The van der Waals surface area contributed by atoms with Gasteiger partial charge in [0, 0.05) is 19.5 Å². The second-order valence-electron chi connectivity index (χ2n) is 6.38. The fourth-order valence-corrected chi connectivity index (χ4v) is 3.55. The summed E-state index contributed by atoms with van der Waals surface area (Å²) in [5, 5.41) is 19.1. The van der Waals surface area contributed by atoms with Gasteiger partial charge >= 0.3 is 6.03 Å². The van der Waals surface area contributed by atoms with Crippen LogP contribution in [0.3, 0.4) is 0 Å². The number of ether oxygens (including phenoxy) is 1. The van der Waals surface area contributed by atoms with Gasteiger partial charge in [0.15, 0.2) is 0 Å². The molecule has 0 aliphatic carbocycles. The van der Waals surface area contributed by atoms with Crippen LogP contribution in [0.15, 0.2) is 0 Å². The molecule has 0 saturated carbocycles. The Bertz CT molecular complexity index is 526. The average Bonchev–Trinajstić information content (AvgIpc) is 3.05. The van der Waals surface area contributed by atoms with Crippen molar-refractivity contribution < 1.29 is 14.6 Å². The molecule has 25 heavy (non-hydrogen) atoms. The number of aromatic nitrogens is 2. The third kappa shape index (κ3) is 5.81. The number of aliphatic hydroxyl groups is 1. The number of carbonyl (C=O) groups is 1. The summed E-state index contributed by atoms with van der Waals surface area (Å²) in [4.78, 5) is 15.8. The van der Waals surface area contributed by atoms with E-state index < -0.39 is 6.23 Å². The number of hydrogen-bond acceptors (Lipinski definition) is 6. The molecule has 1 aromatic rings. The van der Waals surface area contributed by atoms with Crippen LogP contribution in [0.2, 0.25) is 0 Å². The number of carbonyl (C=O) groups excluding carboxylic acids is 1. The minimum absolute atomic E-state index is 0.194. The number of anilines is 1. The predicted octanol–water partition coefficient (Wildman–Crippen LogP) is 3.64. The average molecular weight is 371 g/mol. The van der Waals surface area contributed by atoms with Crippen LogP contribution in [0.4, 0.5) is 9.93 Å². The molecule has 1 atom stereocenters. The Morgan fingerprint density at radius 1 is 1.16 bits per heavy atom. The fourth-order valence-electron chi connectivity index (χ4n) is 2.79. The fraction of sp³-hybridized carbons (Fsp3) is 0.824. The van der Waals surface area contributed by atoms with Gasteiger partial charge in [-0.1, -0.05) is 51.1 Å². The van der Waals surface area contributed by atoms with Crippen molar-refractivity contribution in [1.82, 2.24) is 15.1 Å². The third-order valence-corrected chi connectivity index (χ3v) is 5.12. The molecule has 2 rings (SSSR count). The summed E-state index contributed by atoms with van der Waals surface area (Å²) in [6.07, 6.45) is 7.38. The maximum absolute atomic E-state index is 12.7. The van der Waals surface area contributed by atoms with Crippen LogP contribution in [0.5, 0.6) is 5.19 Å². The Labute approximate surface area is 154 Å². The molecule has 0 bridgehead atoms. The predicted molar refractivity (Wildman–Crippen MR) is 99.1 cm³/mol. The van der Waals surface area contributed by atoms with Crippen LogP contribution in [0.1, 0.15) is 65.2 Å². The second kappa shape index (κ2) is 10.6. The maximum Gasteiger partial charge on any atom is 0.328 e. The maximum atomic E-state index is 12.7. The molecule has 1 saturated heterocycles. The summed E-state index contributed by atoms with van der Waals surface area (Å²) in [5.74, 6) is 0. The Morgan fingerprint density at radius 2 is 1.92 bits per heavy atom. The van der Waals surface area contributed by atoms with E-state index in [-0.39, 0.29) is 6.03 Å². The summed E-state index contributed by atoms with van der Waals surface area (Å²) in [7, 11) is 0. The molecular weight excluding hydrogens is 340 g/mol. The van der Waals surface area contributed by atoms with E-state index in [0.29, 0.717) is 29.9 Å². The molecule has 8 heteroatoms. The topological polar surface area (TPSA) is 78.8 Å². The first-order valence-electron chi connectivity index (χ1n) is 9.39. The van der Waals surface area contributed by atoms with Gasteiger partial charge in [-0.3, -0.25) is 0 Å². The number of nitrogens with zero attached hydrogens (tertiary/aromatic N) is 4. The van der Waals surface area contributed by atoms with Crippen molar-refractivity contribution in [2.45, 2.75) is 71.4 Å². The number of hydrogen-bond donors (Lipinski definition) is 1. The van der Waals surface area contributed by atoms with Gasteiger partial charge in [-0.2, -0.15) is 0 Å². The van der Waals surface area contributed by atoms with Crippen molar-refractivity contribution in [2.75, 3.05) is 24.6 Å². The number of aliphatic hydroxyl groups excluding tert-OH is 1. The lowest BCUT2D eigenvalue weighted by Crippen LogP contribution is -2.54. The smallest absolute Gasteiger partial charge is 0.328 e. The first-order valence-corrected chi connectivity index (χ1v) is 10.2. The van der Waals surface area contributed by atoms with Gasteiger partial charge in [-0.15, -0.1) is 5.10 Å². The molecule has 142 valence electrons. The zero-order valence-electron chi connectivity index (χ0n) is 15.3. The van der Waals surface area contributed by atoms with Crippen molar-refractivity contribution in [1.29, 1.82) is 0 Å². The molecule has 0 radical (unpaired) electrons. The summed E-state index contributed by atoms with van der Waals surface area (Å²) in [6, 6.07) is -0.194.